The first-order valence-corrected chi connectivity index (χ1v) is 26.3. The molecular formula is C54H80N8O12. The zero-order chi connectivity index (χ0) is 54.5. The molecule has 0 aliphatic carbocycles. The standard InChI is InChI=1S/C54H80N8O12/c1-7-8-9-10-11-12-13-14-15-16-17-18-19-22-45(65)60(5)43(33-63)52(71)57-35(3)49(68)55-31-46(66)61(6)48-38-25-23-34(2)39(30-38)40-28-37(24-26-44(40)64)29-41(59-50(69)36(4)58-53(48)72)51(70)56-32-47(67)62-27-20-21-42(62)54(73)74/h23-26,28,30,35-36,41-43,48,63-64H,7-22,27,29,31-33H2,1-6H3,(H,55,68)(H,56,70)(H,57,71)(H,58,72)(H,59,69)(H,73,74)/t35-,36+,41+,42-,43-,48+/m1/s1. The Balaban J connectivity index is 1.38. The molecule has 6 atom stereocenters. The van der Waals surface area contributed by atoms with Crippen LogP contribution in [0, 0.1) is 6.92 Å². The number of carboxylic acids is 1. The lowest BCUT2D eigenvalue weighted by Crippen LogP contribution is -2.56. The summed E-state index contributed by atoms with van der Waals surface area (Å²) in [5.41, 5.74) is 2.26. The topological polar surface area (TPSA) is 284 Å². The van der Waals surface area contributed by atoms with E-state index in [4.69, 9.17) is 0 Å². The number of hydrogen-bond donors (Lipinski definition) is 8. The smallest absolute Gasteiger partial charge is 0.326 e. The fourth-order valence-electron chi connectivity index (χ4n) is 9.37. The van der Waals surface area contributed by atoms with Crippen LogP contribution in [0.3, 0.4) is 0 Å². The fraction of sp³-hybridized carbons (Fsp3) is 0.611. The molecule has 4 bridgehead atoms. The lowest BCUT2D eigenvalue weighted by atomic mass is 9.91. The number of nitrogens with one attached hydrogen (secondary N) is 5. The monoisotopic (exact) mass is 1030 g/mol. The number of carbonyl (C=O) groups is 9. The molecule has 8 N–H and O–H groups in total. The number of unbranched alkanes of at least 4 members (excludes halogenated alkanes) is 12. The van der Waals surface area contributed by atoms with Crippen LogP contribution in [0.1, 0.15) is 146 Å². The molecule has 2 aliphatic heterocycles. The van der Waals surface area contributed by atoms with E-state index in [-0.39, 0.29) is 43.0 Å². The van der Waals surface area contributed by atoms with Gasteiger partial charge in [0.15, 0.2) is 0 Å². The van der Waals surface area contributed by atoms with Crippen molar-refractivity contribution in [2.75, 3.05) is 40.3 Å². The summed E-state index contributed by atoms with van der Waals surface area (Å²) >= 11 is 0. The van der Waals surface area contributed by atoms with Gasteiger partial charge in [-0.3, -0.25) is 38.4 Å². The summed E-state index contributed by atoms with van der Waals surface area (Å²) in [6.45, 7) is 5.11. The van der Waals surface area contributed by atoms with Crippen molar-refractivity contribution in [2.24, 2.45) is 0 Å². The molecular weight excluding hydrogens is 953 g/mol. The van der Waals surface area contributed by atoms with Crippen LogP contribution >= 0.6 is 0 Å². The van der Waals surface area contributed by atoms with Crippen molar-refractivity contribution < 1.29 is 58.5 Å². The molecule has 408 valence electrons. The van der Waals surface area contributed by atoms with E-state index in [9.17, 15) is 58.5 Å². The molecule has 20 heteroatoms. The van der Waals surface area contributed by atoms with Gasteiger partial charge < -0.3 is 56.6 Å². The molecule has 0 unspecified atom stereocenters. The van der Waals surface area contributed by atoms with Crippen molar-refractivity contribution >= 4 is 53.2 Å². The lowest BCUT2D eigenvalue weighted by molar-refractivity contribution is -0.148. The number of likely N-dealkylation sites (N-methyl/N-ethyl adjacent to an activating group) is 2. The van der Waals surface area contributed by atoms with Gasteiger partial charge in [0.05, 0.1) is 19.7 Å². The summed E-state index contributed by atoms with van der Waals surface area (Å²) in [5, 5.41) is 43.5. The maximum atomic E-state index is 14.3. The number of aliphatic carboxylic acids is 1. The fourth-order valence-corrected chi connectivity index (χ4v) is 9.37. The van der Waals surface area contributed by atoms with Gasteiger partial charge in [-0.1, -0.05) is 102 Å². The van der Waals surface area contributed by atoms with Crippen molar-refractivity contribution in [1.82, 2.24) is 41.3 Å². The van der Waals surface area contributed by atoms with Gasteiger partial charge in [0.25, 0.3) is 0 Å². The third kappa shape index (κ3) is 17.5. The third-order valence-corrected chi connectivity index (χ3v) is 14.1. The molecule has 1 saturated heterocycles. The number of aromatic hydroxyl groups is 1. The molecule has 74 heavy (non-hydrogen) atoms. The Kier molecular flexibility index (Phi) is 24.3. The highest BCUT2D eigenvalue weighted by Crippen LogP contribution is 2.36. The van der Waals surface area contributed by atoms with Gasteiger partial charge in [0.2, 0.25) is 47.3 Å². The molecule has 0 aromatic heterocycles. The van der Waals surface area contributed by atoms with Crippen molar-refractivity contribution in [1.29, 1.82) is 0 Å². The highest BCUT2D eigenvalue weighted by atomic mass is 16.4. The molecule has 2 heterocycles. The first-order chi connectivity index (χ1) is 35.3. The molecule has 20 nitrogen and oxygen atoms in total. The number of aliphatic hydroxyl groups excluding tert-OH is 1. The van der Waals surface area contributed by atoms with Crippen LogP contribution in [0.5, 0.6) is 5.75 Å². The zero-order valence-electron chi connectivity index (χ0n) is 44.1. The predicted octanol–water partition coefficient (Wildman–Crippen LogP) is 3.53. The van der Waals surface area contributed by atoms with Gasteiger partial charge in [0, 0.05) is 39.0 Å². The number of amides is 8. The Morgan fingerprint density at radius 2 is 1.42 bits per heavy atom. The van der Waals surface area contributed by atoms with Crippen LogP contribution in [0.15, 0.2) is 36.4 Å². The summed E-state index contributed by atoms with van der Waals surface area (Å²) < 4.78 is 0. The van der Waals surface area contributed by atoms with Crippen molar-refractivity contribution in [3.63, 3.8) is 0 Å². The molecule has 2 aliphatic rings. The molecule has 4 rings (SSSR count). The van der Waals surface area contributed by atoms with Crippen LogP contribution in [0.4, 0.5) is 0 Å². The SMILES string of the molecule is CCCCCCCCCCCCCCCC(=O)N(C)[C@H](CO)C(=O)N[C@H](C)C(=O)NCC(=O)N(C)[C@@H]1C(=O)N[C@@H](C)C(=O)N[C@H](C(=O)NCC(=O)N2CCC[C@@H]2C(=O)O)Cc2ccc(O)c(c2)-c2cc1ccc2C. The number of aryl methyl sites for hydroxylation is 1. The molecule has 2 aromatic carbocycles. The number of nitrogens with zero attached hydrogens (tertiary/aromatic N) is 3. The van der Waals surface area contributed by atoms with Crippen molar-refractivity contribution in [2.45, 2.75) is 173 Å². The van der Waals surface area contributed by atoms with E-state index < -0.39 is 103 Å². The van der Waals surface area contributed by atoms with E-state index in [2.05, 4.69) is 33.5 Å². The number of rotatable bonds is 26. The van der Waals surface area contributed by atoms with E-state index in [1.54, 1.807) is 37.3 Å². The number of aliphatic hydroxyl groups is 1. The Morgan fingerprint density at radius 1 is 0.784 bits per heavy atom. The maximum absolute atomic E-state index is 14.3. The molecule has 0 spiro atoms. The van der Waals surface area contributed by atoms with Crippen LogP contribution in [0.25, 0.3) is 11.1 Å². The van der Waals surface area contributed by atoms with Crippen molar-refractivity contribution in [3.05, 3.63) is 53.1 Å². The minimum Gasteiger partial charge on any atom is -0.507 e. The molecule has 1 fully saturated rings. The number of phenolic OH excluding ortho intramolecular Hbond substituents is 1. The van der Waals surface area contributed by atoms with Gasteiger partial charge in [0.1, 0.15) is 42.0 Å². The Bertz CT molecular complexity index is 2290. The molecule has 2 aromatic rings. The molecule has 0 saturated carbocycles. The second-order valence-corrected chi connectivity index (χ2v) is 19.8. The third-order valence-electron chi connectivity index (χ3n) is 14.1. The van der Waals surface area contributed by atoms with E-state index in [1.165, 1.54) is 102 Å². The van der Waals surface area contributed by atoms with Gasteiger partial charge in [-0.05, 0) is 80.5 Å². The van der Waals surface area contributed by atoms with Gasteiger partial charge in [-0.25, -0.2) is 4.79 Å². The second-order valence-electron chi connectivity index (χ2n) is 19.8. The number of carboxylic acid groups (broad SMARTS) is 1. The lowest BCUT2D eigenvalue weighted by Gasteiger charge is -2.30. The first kappa shape index (κ1) is 60.0. The highest BCUT2D eigenvalue weighted by molar-refractivity contribution is 5.97. The largest absolute Gasteiger partial charge is 0.507 e. The zero-order valence-corrected chi connectivity index (χ0v) is 44.1. The van der Waals surface area contributed by atoms with E-state index in [0.717, 1.165) is 24.2 Å². The number of fused-ring (bicyclic) bond motifs is 5. The molecule has 0 radical (unpaired) electrons. The quantitative estimate of drug-likeness (QED) is 0.0629. The predicted molar refractivity (Wildman–Crippen MR) is 277 cm³/mol. The Labute approximate surface area is 435 Å². The molecule has 8 amide bonds. The number of carbonyl (C=O) groups excluding carboxylic acids is 8. The second kappa shape index (κ2) is 30.0. The van der Waals surface area contributed by atoms with Gasteiger partial charge >= 0.3 is 5.97 Å². The number of hydrogen-bond acceptors (Lipinski definition) is 11. The number of phenols is 1. The van der Waals surface area contributed by atoms with Crippen LogP contribution in [0.2, 0.25) is 0 Å². The van der Waals surface area contributed by atoms with Crippen molar-refractivity contribution in [3.8, 4) is 16.9 Å². The van der Waals surface area contributed by atoms with Crippen LogP contribution in [-0.2, 0) is 49.6 Å². The number of likely N-dealkylation sites (tertiary alicyclic amines) is 1. The average Bonchev–Trinajstić information content (AvgIpc) is 3.88. The number of benzene rings is 2. The van der Waals surface area contributed by atoms with E-state index in [0.29, 0.717) is 35.1 Å². The summed E-state index contributed by atoms with van der Waals surface area (Å²) in [5.74, 6) is -6.87. The minimum absolute atomic E-state index is 0.105. The summed E-state index contributed by atoms with van der Waals surface area (Å²) in [6, 6.07) is 2.04. The Hall–Kier alpha value is -6.57. The normalized spacial score (nSPS) is 18.4. The Morgan fingerprint density at radius 3 is 2.04 bits per heavy atom. The van der Waals surface area contributed by atoms with Crippen LogP contribution in [-0.4, -0.2) is 154 Å². The summed E-state index contributed by atoms with van der Waals surface area (Å²) in [6.07, 6.45) is 15.9. The first-order valence-electron chi connectivity index (χ1n) is 26.3. The highest BCUT2D eigenvalue weighted by Gasteiger charge is 2.36. The maximum Gasteiger partial charge on any atom is 0.326 e. The summed E-state index contributed by atoms with van der Waals surface area (Å²) in [7, 11) is 2.75. The summed E-state index contributed by atoms with van der Waals surface area (Å²) in [4.78, 5) is 123. The van der Waals surface area contributed by atoms with E-state index in [1.807, 2.05) is 0 Å². The minimum atomic E-state index is -1.41. The van der Waals surface area contributed by atoms with Gasteiger partial charge in [-0.15, -0.1) is 0 Å². The van der Waals surface area contributed by atoms with Gasteiger partial charge in [-0.2, -0.15) is 0 Å². The average molecular weight is 1030 g/mol. The van der Waals surface area contributed by atoms with Crippen LogP contribution < -0.4 is 26.6 Å². The van der Waals surface area contributed by atoms with E-state index >= 15 is 0 Å².